The first-order chi connectivity index (χ1) is 9.16. The molecule has 1 aromatic rings. The first kappa shape index (κ1) is 15.0. The molecule has 0 N–H and O–H groups in total. The fraction of sp³-hybridized carbons (Fsp3) is 0.600. The summed E-state index contributed by atoms with van der Waals surface area (Å²) >= 11 is 12.1. The van der Waals surface area contributed by atoms with E-state index in [1.165, 1.54) is 32.4 Å². The Bertz CT molecular complexity index is 394. The van der Waals surface area contributed by atoms with E-state index in [0.29, 0.717) is 16.7 Å². The van der Waals surface area contributed by atoms with Crippen molar-refractivity contribution in [1.29, 1.82) is 0 Å². The second-order valence-electron chi connectivity index (χ2n) is 5.14. The highest BCUT2D eigenvalue weighted by Crippen LogP contribution is 2.31. The zero-order valence-corrected chi connectivity index (χ0v) is 12.9. The average molecular weight is 302 g/mol. The Labute approximate surface area is 125 Å². The highest BCUT2D eigenvalue weighted by Gasteiger charge is 2.10. The van der Waals surface area contributed by atoms with Crippen LogP contribution in [-0.4, -0.2) is 31.1 Å². The maximum absolute atomic E-state index is 6.14. The van der Waals surface area contributed by atoms with Gasteiger partial charge in [-0.3, -0.25) is 0 Å². The Kier molecular flexibility index (Phi) is 5.80. The predicted octanol–water partition coefficient (Wildman–Crippen LogP) is 4.56. The van der Waals surface area contributed by atoms with Gasteiger partial charge in [0.05, 0.1) is 11.6 Å². The van der Waals surface area contributed by atoms with E-state index in [-0.39, 0.29) is 0 Å². The third kappa shape index (κ3) is 4.55. The average Bonchev–Trinajstić information content (AvgIpc) is 2.38. The van der Waals surface area contributed by atoms with Crippen LogP contribution in [0.1, 0.15) is 31.2 Å². The molecule has 1 aliphatic heterocycles. The minimum Gasteiger partial charge on any atom is -0.492 e. The number of aryl methyl sites for hydroxylation is 1. The van der Waals surface area contributed by atoms with Crippen molar-refractivity contribution in [1.82, 2.24) is 4.90 Å². The summed E-state index contributed by atoms with van der Waals surface area (Å²) in [6.07, 6.45) is 5.09. The Morgan fingerprint density at radius 1 is 1.16 bits per heavy atom. The molecular weight excluding hydrogens is 281 g/mol. The van der Waals surface area contributed by atoms with Crippen LogP contribution in [0.15, 0.2) is 12.1 Å². The molecule has 1 aromatic carbocycles. The van der Waals surface area contributed by atoms with Gasteiger partial charge in [0.15, 0.2) is 0 Å². The van der Waals surface area contributed by atoms with Gasteiger partial charge in [0.2, 0.25) is 0 Å². The lowest BCUT2D eigenvalue weighted by atomic mass is 10.1. The molecule has 2 rings (SSSR count). The molecular formula is C15H21Cl2NO. The van der Waals surface area contributed by atoms with E-state index < -0.39 is 0 Å². The number of ether oxygens (including phenoxy) is 1. The zero-order valence-electron chi connectivity index (χ0n) is 11.4. The number of likely N-dealkylation sites (tertiary alicyclic amines) is 1. The first-order valence-electron chi connectivity index (χ1n) is 6.97. The molecule has 0 radical (unpaired) electrons. The molecule has 0 aliphatic carbocycles. The molecule has 0 spiro atoms. The SMILES string of the molecule is Cc1cc(Cl)cc(Cl)c1OCCCN1CCCCC1. The van der Waals surface area contributed by atoms with Crippen LogP contribution in [0.3, 0.4) is 0 Å². The van der Waals surface area contributed by atoms with Gasteiger partial charge < -0.3 is 9.64 Å². The first-order valence-corrected chi connectivity index (χ1v) is 7.73. The van der Waals surface area contributed by atoms with Gasteiger partial charge in [-0.05, 0) is 57.0 Å². The van der Waals surface area contributed by atoms with Gasteiger partial charge in [0.1, 0.15) is 5.75 Å². The van der Waals surface area contributed by atoms with Crippen LogP contribution in [0.4, 0.5) is 0 Å². The van der Waals surface area contributed by atoms with Gasteiger partial charge in [0.25, 0.3) is 0 Å². The van der Waals surface area contributed by atoms with Crippen molar-refractivity contribution >= 4 is 23.2 Å². The van der Waals surface area contributed by atoms with Crippen LogP contribution < -0.4 is 4.74 Å². The number of benzene rings is 1. The summed E-state index contributed by atoms with van der Waals surface area (Å²) < 4.78 is 5.80. The summed E-state index contributed by atoms with van der Waals surface area (Å²) in [5.74, 6) is 0.768. The lowest BCUT2D eigenvalue weighted by Crippen LogP contribution is -2.31. The number of nitrogens with zero attached hydrogens (tertiary/aromatic N) is 1. The highest BCUT2D eigenvalue weighted by atomic mass is 35.5. The van der Waals surface area contributed by atoms with Crippen molar-refractivity contribution in [2.24, 2.45) is 0 Å². The topological polar surface area (TPSA) is 12.5 Å². The maximum Gasteiger partial charge on any atom is 0.140 e. The third-order valence-electron chi connectivity index (χ3n) is 3.51. The number of hydrogen-bond acceptors (Lipinski definition) is 2. The largest absolute Gasteiger partial charge is 0.492 e. The van der Waals surface area contributed by atoms with E-state index in [2.05, 4.69) is 4.90 Å². The molecule has 0 unspecified atom stereocenters. The Morgan fingerprint density at radius 2 is 1.89 bits per heavy atom. The van der Waals surface area contributed by atoms with Crippen LogP contribution >= 0.6 is 23.2 Å². The molecule has 2 nitrogen and oxygen atoms in total. The van der Waals surface area contributed by atoms with Crippen LogP contribution in [-0.2, 0) is 0 Å². The standard InChI is InChI=1S/C15H21Cl2NO/c1-12-10-13(16)11-14(17)15(12)19-9-5-8-18-6-3-2-4-7-18/h10-11H,2-9H2,1H3. The van der Waals surface area contributed by atoms with Crippen molar-refractivity contribution < 1.29 is 4.74 Å². The Morgan fingerprint density at radius 3 is 2.58 bits per heavy atom. The molecule has 106 valence electrons. The van der Waals surface area contributed by atoms with Crippen molar-refractivity contribution in [2.75, 3.05) is 26.2 Å². The fourth-order valence-corrected chi connectivity index (χ4v) is 3.17. The molecule has 19 heavy (non-hydrogen) atoms. The van der Waals surface area contributed by atoms with E-state index in [1.54, 1.807) is 6.07 Å². The third-order valence-corrected chi connectivity index (χ3v) is 4.01. The Hall–Kier alpha value is -0.440. The molecule has 1 aliphatic rings. The molecule has 0 amide bonds. The van der Waals surface area contributed by atoms with Gasteiger partial charge in [-0.1, -0.05) is 29.6 Å². The lowest BCUT2D eigenvalue weighted by molar-refractivity contribution is 0.204. The molecule has 0 bridgehead atoms. The maximum atomic E-state index is 6.14. The van der Waals surface area contributed by atoms with Gasteiger partial charge in [-0.2, -0.15) is 0 Å². The van der Waals surface area contributed by atoms with Crippen LogP contribution in [0.5, 0.6) is 5.75 Å². The minimum absolute atomic E-state index is 0.600. The molecule has 0 saturated carbocycles. The second-order valence-corrected chi connectivity index (χ2v) is 5.98. The van der Waals surface area contributed by atoms with Gasteiger partial charge in [0, 0.05) is 11.6 Å². The number of rotatable bonds is 5. The fourth-order valence-electron chi connectivity index (χ4n) is 2.52. The molecule has 1 heterocycles. The van der Waals surface area contributed by atoms with Gasteiger partial charge in [-0.25, -0.2) is 0 Å². The van der Waals surface area contributed by atoms with Crippen molar-refractivity contribution in [3.05, 3.63) is 27.7 Å². The number of hydrogen-bond donors (Lipinski definition) is 0. The highest BCUT2D eigenvalue weighted by molar-refractivity contribution is 6.35. The van der Waals surface area contributed by atoms with Crippen molar-refractivity contribution in [3.63, 3.8) is 0 Å². The molecule has 1 fully saturated rings. The zero-order chi connectivity index (χ0) is 13.7. The minimum atomic E-state index is 0.600. The summed E-state index contributed by atoms with van der Waals surface area (Å²) in [6.45, 7) is 6.27. The van der Waals surface area contributed by atoms with E-state index in [9.17, 15) is 0 Å². The summed E-state index contributed by atoms with van der Waals surface area (Å²) in [5, 5.41) is 1.26. The van der Waals surface area contributed by atoms with Crippen molar-refractivity contribution in [2.45, 2.75) is 32.6 Å². The summed E-state index contributed by atoms with van der Waals surface area (Å²) in [4.78, 5) is 2.52. The van der Waals surface area contributed by atoms with Crippen LogP contribution in [0.25, 0.3) is 0 Å². The Balaban J connectivity index is 1.76. The molecule has 0 aromatic heterocycles. The summed E-state index contributed by atoms with van der Waals surface area (Å²) in [5.41, 5.74) is 0.996. The van der Waals surface area contributed by atoms with Crippen molar-refractivity contribution in [3.8, 4) is 5.75 Å². The lowest BCUT2D eigenvalue weighted by Gasteiger charge is -2.26. The monoisotopic (exact) mass is 301 g/mol. The van der Waals surface area contributed by atoms with Crippen LogP contribution in [0.2, 0.25) is 10.0 Å². The summed E-state index contributed by atoms with van der Waals surface area (Å²) in [7, 11) is 0. The smallest absolute Gasteiger partial charge is 0.140 e. The van der Waals surface area contributed by atoms with E-state index in [1.807, 2.05) is 13.0 Å². The van der Waals surface area contributed by atoms with E-state index >= 15 is 0 Å². The number of piperidine rings is 1. The van der Waals surface area contributed by atoms with E-state index in [4.69, 9.17) is 27.9 Å². The molecule has 4 heteroatoms. The van der Waals surface area contributed by atoms with Gasteiger partial charge >= 0.3 is 0 Å². The molecule has 1 saturated heterocycles. The quantitative estimate of drug-likeness (QED) is 0.739. The second kappa shape index (κ2) is 7.37. The van der Waals surface area contributed by atoms with Crippen LogP contribution in [0, 0.1) is 6.92 Å². The van der Waals surface area contributed by atoms with E-state index in [0.717, 1.165) is 24.3 Å². The molecule has 0 atom stereocenters. The normalized spacial score (nSPS) is 16.6. The predicted molar refractivity (Wildman–Crippen MR) is 81.6 cm³/mol. The van der Waals surface area contributed by atoms with Gasteiger partial charge in [-0.15, -0.1) is 0 Å². The number of halogens is 2. The summed E-state index contributed by atoms with van der Waals surface area (Å²) in [6, 6.07) is 3.61.